The molecule has 1 heterocycles. The summed E-state index contributed by atoms with van der Waals surface area (Å²) in [7, 11) is 0. The van der Waals surface area contributed by atoms with Crippen LogP contribution in [0.15, 0.2) is 18.2 Å². The monoisotopic (exact) mass is 243 g/mol. The van der Waals surface area contributed by atoms with Crippen LogP contribution >= 0.6 is 0 Å². The molecule has 0 radical (unpaired) electrons. The fourth-order valence-electron chi connectivity index (χ4n) is 2.25. The number of anilines is 1. The Balaban J connectivity index is 2.30. The van der Waals surface area contributed by atoms with Crippen molar-refractivity contribution in [3.05, 3.63) is 29.3 Å². The fourth-order valence-corrected chi connectivity index (χ4v) is 2.25. The summed E-state index contributed by atoms with van der Waals surface area (Å²) in [6, 6.07) is 7.66. The van der Waals surface area contributed by atoms with Crippen LogP contribution in [0.25, 0.3) is 0 Å². The molecular weight excluding hydrogens is 226 g/mol. The third-order valence-electron chi connectivity index (χ3n) is 3.45. The van der Waals surface area contributed by atoms with Crippen molar-refractivity contribution in [2.24, 2.45) is 0 Å². The summed E-state index contributed by atoms with van der Waals surface area (Å²) >= 11 is 0. The molecule has 4 heteroatoms. The smallest absolute Gasteiger partial charge is 0.245 e. The van der Waals surface area contributed by atoms with Crippen LogP contribution in [0.4, 0.5) is 5.69 Å². The van der Waals surface area contributed by atoms with Crippen molar-refractivity contribution in [3.8, 4) is 6.07 Å². The quantitative estimate of drug-likeness (QED) is 0.856. The summed E-state index contributed by atoms with van der Waals surface area (Å²) in [5.41, 5.74) is 3.27. The average molecular weight is 243 g/mol. The van der Waals surface area contributed by atoms with Crippen molar-refractivity contribution in [1.29, 1.82) is 5.26 Å². The number of benzene rings is 1. The molecule has 1 amide bonds. The lowest BCUT2D eigenvalue weighted by Gasteiger charge is -2.33. The van der Waals surface area contributed by atoms with Gasteiger partial charge < -0.3 is 10.2 Å². The Morgan fingerprint density at radius 2 is 2.28 bits per heavy atom. The van der Waals surface area contributed by atoms with Gasteiger partial charge in [-0.2, -0.15) is 5.26 Å². The van der Waals surface area contributed by atoms with E-state index in [1.165, 1.54) is 5.56 Å². The molecule has 1 unspecified atom stereocenters. The Kier molecular flexibility index (Phi) is 3.63. The van der Waals surface area contributed by atoms with E-state index in [-0.39, 0.29) is 18.4 Å². The zero-order valence-corrected chi connectivity index (χ0v) is 10.7. The Morgan fingerprint density at radius 1 is 1.50 bits per heavy atom. The number of carbonyl (C=O) groups excluding carboxylic acids is 1. The first-order valence-corrected chi connectivity index (χ1v) is 6.13. The number of amides is 1. The molecule has 1 aliphatic rings. The molecule has 94 valence electrons. The zero-order chi connectivity index (χ0) is 13.1. The molecule has 2 rings (SSSR count). The molecular formula is C14H17N3O. The molecule has 0 spiro atoms. The summed E-state index contributed by atoms with van der Waals surface area (Å²) in [4.78, 5) is 14.1. The van der Waals surface area contributed by atoms with Gasteiger partial charge in [-0.1, -0.05) is 12.1 Å². The maximum absolute atomic E-state index is 12.3. The first-order valence-electron chi connectivity index (χ1n) is 6.13. The van der Waals surface area contributed by atoms with Crippen LogP contribution in [0.5, 0.6) is 0 Å². The molecule has 1 N–H and O–H groups in total. The highest BCUT2D eigenvalue weighted by molar-refractivity contribution is 5.98. The van der Waals surface area contributed by atoms with Crippen LogP contribution in [0.3, 0.4) is 0 Å². The van der Waals surface area contributed by atoms with Crippen LogP contribution in [0.2, 0.25) is 0 Å². The maximum Gasteiger partial charge on any atom is 0.245 e. The van der Waals surface area contributed by atoms with Gasteiger partial charge in [0.25, 0.3) is 0 Å². The number of nitriles is 1. The average Bonchev–Trinajstić information content (AvgIpc) is 2.36. The molecule has 1 atom stereocenters. The maximum atomic E-state index is 12.3. The molecule has 0 bridgehead atoms. The lowest BCUT2D eigenvalue weighted by Crippen LogP contribution is -2.55. The fraction of sp³-hybridized carbons (Fsp3) is 0.429. The SMILES string of the molecule is Cc1cccc(N2CCNC(CC#N)C2=O)c1C. The van der Waals surface area contributed by atoms with Gasteiger partial charge in [-0.05, 0) is 31.0 Å². The van der Waals surface area contributed by atoms with Crippen LogP contribution < -0.4 is 10.2 Å². The van der Waals surface area contributed by atoms with E-state index in [9.17, 15) is 4.79 Å². The summed E-state index contributed by atoms with van der Waals surface area (Å²) in [5.74, 6) is -0.00324. The van der Waals surface area contributed by atoms with E-state index in [0.717, 1.165) is 17.8 Å². The molecule has 0 aliphatic carbocycles. The second kappa shape index (κ2) is 5.19. The standard InChI is InChI=1S/C14H17N3O/c1-10-4-3-5-13(11(10)2)17-9-8-16-12(6-7-15)14(17)18/h3-5,12,16H,6,8-9H2,1-2H3. The van der Waals surface area contributed by atoms with E-state index in [4.69, 9.17) is 5.26 Å². The van der Waals surface area contributed by atoms with Gasteiger partial charge in [0, 0.05) is 18.8 Å². The Morgan fingerprint density at radius 3 is 3.00 bits per heavy atom. The highest BCUT2D eigenvalue weighted by Gasteiger charge is 2.29. The third kappa shape index (κ3) is 2.22. The summed E-state index contributed by atoms with van der Waals surface area (Å²) in [6.07, 6.45) is 0.222. The number of hydrogen-bond acceptors (Lipinski definition) is 3. The van der Waals surface area contributed by atoms with Crippen LogP contribution in [0, 0.1) is 25.2 Å². The minimum Gasteiger partial charge on any atom is -0.309 e. The minimum atomic E-state index is -0.372. The van der Waals surface area contributed by atoms with E-state index < -0.39 is 0 Å². The van der Waals surface area contributed by atoms with Crippen molar-refractivity contribution in [2.45, 2.75) is 26.3 Å². The van der Waals surface area contributed by atoms with Crippen LogP contribution in [-0.2, 0) is 4.79 Å². The topological polar surface area (TPSA) is 56.1 Å². The van der Waals surface area contributed by atoms with E-state index in [2.05, 4.69) is 11.4 Å². The lowest BCUT2D eigenvalue weighted by molar-refractivity contribution is -0.121. The van der Waals surface area contributed by atoms with Crippen molar-refractivity contribution in [3.63, 3.8) is 0 Å². The van der Waals surface area contributed by atoms with Gasteiger partial charge in [0.15, 0.2) is 0 Å². The number of nitrogens with one attached hydrogen (secondary N) is 1. The summed E-state index contributed by atoms with van der Waals surface area (Å²) < 4.78 is 0. The number of hydrogen-bond donors (Lipinski definition) is 1. The first kappa shape index (κ1) is 12.6. The second-order valence-electron chi connectivity index (χ2n) is 4.58. The molecule has 18 heavy (non-hydrogen) atoms. The van der Waals surface area contributed by atoms with Crippen LogP contribution in [-0.4, -0.2) is 25.0 Å². The molecule has 1 fully saturated rings. The van der Waals surface area contributed by atoms with Crippen molar-refractivity contribution >= 4 is 11.6 Å². The van der Waals surface area contributed by atoms with Crippen molar-refractivity contribution < 1.29 is 4.79 Å². The van der Waals surface area contributed by atoms with Gasteiger partial charge in [-0.25, -0.2) is 0 Å². The summed E-state index contributed by atoms with van der Waals surface area (Å²) in [6.45, 7) is 5.45. The van der Waals surface area contributed by atoms with Gasteiger partial charge in [-0.15, -0.1) is 0 Å². The lowest BCUT2D eigenvalue weighted by atomic mass is 10.0. The molecule has 4 nitrogen and oxygen atoms in total. The molecule has 1 aromatic rings. The predicted molar refractivity (Wildman–Crippen MR) is 70.3 cm³/mol. The van der Waals surface area contributed by atoms with Gasteiger partial charge in [0.05, 0.1) is 12.5 Å². The van der Waals surface area contributed by atoms with Gasteiger partial charge >= 0.3 is 0 Å². The van der Waals surface area contributed by atoms with Crippen molar-refractivity contribution in [1.82, 2.24) is 5.32 Å². The van der Waals surface area contributed by atoms with Crippen molar-refractivity contribution in [2.75, 3.05) is 18.0 Å². The highest BCUT2D eigenvalue weighted by Crippen LogP contribution is 2.24. The molecule has 1 aliphatic heterocycles. The molecule has 1 saturated heterocycles. The second-order valence-corrected chi connectivity index (χ2v) is 4.58. The van der Waals surface area contributed by atoms with E-state index in [1.54, 1.807) is 4.90 Å². The molecule has 0 aromatic heterocycles. The first-order chi connectivity index (χ1) is 8.65. The van der Waals surface area contributed by atoms with Gasteiger partial charge in [0.2, 0.25) is 5.91 Å². The largest absolute Gasteiger partial charge is 0.309 e. The number of carbonyl (C=O) groups is 1. The number of piperazine rings is 1. The molecule has 1 aromatic carbocycles. The zero-order valence-electron chi connectivity index (χ0n) is 10.7. The predicted octanol–water partition coefficient (Wildman–Crippen LogP) is 1.52. The van der Waals surface area contributed by atoms with Gasteiger partial charge in [-0.3, -0.25) is 4.79 Å². The van der Waals surface area contributed by atoms with Gasteiger partial charge in [0.1, 0.15) is 6.04 Å². The van der Waals surface area contributed by atoms with E-state index in [0.29, 0.717) is 6.54 Å². The Labute approximate surface area is 107 Å². The number of rotatable bonds is 2. The Bertz CT molecular complexity index is 504. The highest BCUT2D eigenvalue weighted by atomic mass is 16.2. The van der Waals surface area contributed by atoms with Crippen LogP contribution in [0.1, 0.15) is 17.5 Å². The third-order valence-corrected chi connectivity index (χ3v) is 3.45. The van der Waals surface area contributed by atoms with E-state index >= 15 is 0 Å². The normalized spacial score (nSPS) is 19.7. The minimum absolute atomic E-state index is 0.00324. The molecule has 0 saturated carbocycles. The number of nitrogens with zero attached hydrogens (tertiary/aromatic N) is 2. The Hall–Kier alpha value is -1.86. The summed E-state index contributed by atoms with van der Waals surface area (Å²) in [5, 5.41) is 11.8. The number of aryl methyl sites for hydroxylation is 1. The van der Waals surface area contributed by atoms with E-state index in [1.807, 2.05) is 32.0 Å².